The van der Waals surface area contributed by atoms with Crippen LogP contribution in [0.4, 0.5) is 5.69 Å². The van der Waals surface area contributed by atoms with E-state index in [1.165, 1.54) is 31.2 Å². The molecule has 1 aliphatic rings. The summed E-state index contributed by atoms with van der Waals surface area (Å²) >= 11 is 0. The van der Waals surface area contributed by atoms with Crippen LogP contribution in [0.5, 0.6) is 11.5 Å². The highest BCUT2D eigenvalue weighted by Crippen LogP contribution is 2.45. The molecule has 0 aromatic heterocycles. The number of carbonyl (C=O) groups is 2. The fourth-order valence-corrected chi connectivity index (χ4v) is 4.20. The van der Waals surface area contributed by atoms with Gasteiger partial charge in [-0.1, -0.05) is 18.2 Å². The fraction of sp³-hybridized carbons (Fsp3) is 0.263. The second-order valence-electron chi connectivity index (χ2n) is 6.60. The summed E-state index contributed by atoms with van der Waals surface area (Å²) in [5, 5.41) is 15.9. The van der Waals surface area contributed by atoms with Crippen LogP contribution in [0.25, 0.3) is 0 Å². The third-order valence-corrected chi connectivity index (χ3v) is 5.81. The van der Waals surface area contributed by atoms with E-state index in [9.17, 15) is 24.3 Å². The second-order valence-corrected chi connectivity index (χ2v) is 8.22. The summed E-state index contributed by atoms with van der Waals surface area (Å²) in [5.74, 6) is -0.985. The largest absolute Gasteiger partial charge is 0.513 e. The molecule has 2 aromatic rings. The van der Waals surface area contributed by atoms with Gasteiger partial charge in [-0.2, -0.15) is 5.09 Å². The normalized spacial score (nSPS) is 18.4. The molecule has 2 aromatic carbocycles. The minimum atomic E-state index is -4.19. The maximum absolute atomic E-state index is 13.4. The van der Waals surface area contributed by atoms with E-state index < -0.39 is 36.7 Å². The van der Waals surface area contributed by atoms with Crippen LogP contribution in [0.2, 0.25) is 0 Å². The number of hydrogen-bond donors (Lipinski definition) is 2. The predicted octanol–water partition coefficient (Wildman–Crippen LogP) is 2.57. The van der Waals surface area contributed by atoms with Crippen LogP contribution in [0, 0.1) is 10.1 Å². The van der Waals surface area contributed by atoms with Crippen LogP contribution >= 0.6 is 7.75 Å². The van der Waals surface area contributed by atoms with E-state index in [2.05, 4.69) is 10.4 Å². The molecule has 3 atom stereocenters. The number of rotatable bonds is 9. The zero-order valence-electron chi connectivity index (χ0n) is 16.4. The second kappa shape index (κ2) is 9.59. The first-order valence-corrected chi connectivity index (χ1v) is 10.8. The van der Waals surface area contributed by atoms with Gasteiger partial charge in [0.1, 0.15) is 17.5 Å². The van der Waals surface area contributed by atoms with Crippen LogP contribution in [-0.4, -0.2) is 35.5 Å². The predicted molar refractivity (Wildman–Crippen MR) is 109 cm³/mol. The van der Waals surface area contributed by atoms with Crippen molar-refractivity contribution in [1.29, 1.82) is 0 Å². The minimum absolute atomic E-state index is 0.0214. The number of para-hydroxylation sites is 1. The number of nitro groups is 1. The number of amides is 1. The molecule has 1 aliphatic heterocycles. The van der Waals surface area contributed by atoms with Gasteiger partial charge in [-0.05, 0) is 31.2 Å². The van der Waals surface area contributed by atoms with Crippen LogP contribution in [0.15, 0.2) is 54.6 Å². The van der Waals surface area contributed by atoms with E-state index in [0.717, 1.165) is 0 Å². The lowest BCUT2D eigenvalue weighted by Gasteiger charge is -2.23. The Morgan fingerprint density at radius 3 is 2.32 bits per heavy atom. The van der Waals surface area contributed by atoms with Crippen molar-refractivity contribution in [3.63, 3.8) is 0 Å². The number of nitrogens with one attached hydrogen (secondary N) is 2. The number of carbonyl (C=O) groups excluding carboxylic acids is 2. The first-order valence-electron chi connectivity index (χ1n) is 9.30. The number of ether oxygens (including phenoxy) is 1. The topological polar surface area (TPSA) is 146 Å². The molecule has 0 spiro atoms. The van der Waals surface area contributed by atoms with E-state index in [4.69, 9.17) is 13.8 Å². The summed E-state index contributed by atoms with van der Waals surface area (Å²) in [6.07, 6.45) is -0.573. The number of hydrogen-bond acceptors (Lipinski definition) is 8. The van der Waals surface area contributed by atoms with Gasteiger partial charge >= 0.3 is 13.7 Å². The zero-order chi connectivity index (χ0) is 22.4. The van der Waals surface area contributed by atoms with E-state index in [-0.39, 0.29) is 17.2 Å². The first-order chi connectivity index (χ1) is 14.8. The minimum Gasteiger partial charge on any atom is -0.451 e. The van der Waals surface area contributed by atoms with Gasteiger partial charge in [-0.3, -0.25) is 19.7 Å². The molecule has 1 saturated heterocycles. The van der Waals surface area contributed by atoms with Crippen molar-refractivity contribution in [3.05, 3.63) is 64.7 Å². The lowest BCUT2D eigenvalue weighted by atomic mass is 10.3. The molecule has 3 rings (SSSR count). The average Bonchev–Trinajstić information content (AvgIpc) is 3.13. The quantitative estimate of drug-likeness (QED) is 0.255. The van der Waals surface area contributed by atoms with Gasteiger partial charge in [-0.25, -0.2) is 4.57 Å². The van der Waals surface area contributed by atoms with Gasteiger partial charge < -0.3 is 19.1 Å². The first kappa shape index (κ1) is 22.3. The van der Waals surface area contributed by atoms with Crippen molar-refractivity contribution < 1.29 is 32.9 Å². The Hall–Kier alpha value is -3.43. The molecule has 0 bridgehead atoms. The Bertz CT molecular complexity index is 999. The van der Waals surface area contributed by atoms with E-state index in [1.54, 1.807) is 30.3 Å². The molecule has 31 heavy (non-hydrogen) atoms. The summed E-state index contributed by atoms with van der Waals surface area (Å²) in [7, 11) is -4.19. The van der Waals surface area contributed by atoms with Crippen molar-refractivity contribution in [2.75, 3.05) is 6.54 Å². The SMILES string of the molecule is CC(NP(=O)(Oc1ccccc1)Oc1ccc([N+](=O)[O-])cc1)C(=O)O[C@H]1CCNC1=O. The van der Waals surface area contributed by atoms with Crippen molar-refractivity contribution in [3.8, 4) is 11.5 Å². The van der Waals surface area contributed by atoms with E-state index in [0.29, 0.717) is 13.0 Å². The standard InChI is InChI=1S/C19H20N3O8P/c1-13(19(24)28-17-11-12-20-18(17)23)21-31(27,29-15-5-3-2-4-6-15)30-16-9-7-14(8-10-16)22(25)26/h2-10,13,17H,11-12H2,1H3,(H,20,23)(H,21,27)/t13?,17-,31?/m0/s1. The molecular weight excluding hydrogens is 429 g/mol. The molecule has 2 N–H and O–H groups in total. The number of benzene rings is 2. The zero-order valence-corrected chi connectivity index (χ0v) is 17.3. The Kier molecular flexibility index (Phi) is 6.88. The molecule has 164 valence electrons. The van der Waals surface area contributed by atoms with Crippen LogP contribution < -0.4 is 19.5 Å². The van der Waals surface area contributed by atoms with Crippen molar-refractivity contribution in [1.82, 2.24) is 10.4 Å². The molecule has 1 fully saturated rings. The average molecular weight is 449 g/mol. The molecule has 11 nitrogen and oxygen atoms in total. The molecule has 12 heteroatoms. The van der Waals surface area contributed by atoms with Gasteiger partial charge in [0.15, 0.2) is 6.10 Å². The Balaban J connectivity index is 1.76. The van der Waals surface area contributed by atoms with E-state index in [1.807, 2.05) is 0 Å². The van der Waals surface area contributed by atoms with Crippen molar-refractivity contribution >= 4 is 25.3 Å². The lowest BCUT2D eigenvalue weighted by Crippen LogP contribution is -2.39. The third-order valence-electron chi connectivity index (χ3n) is 4.20. The number of esters is 1. The molecule has 0 saturated carbocycles. The van der Waals surface area contributed by atoms with Crippen molar-refractivity contribution in [2.24, 2.45) is 0 Å². The number of non-ortho nitro benzene ring substituents is 1. The molecule has 1 amide bonds. The summed E-state index contributed by atoms with van der Waals surface area (Å²) < 4.78 is 29.5. The lowest BCUT2D eigenvalue weighted by molar-refractivity contribution is -0.384. The molecule has 0 aliphatic carbocycles. The smallest absolute Gasteiger partial charge is 0.451 e. The van der Waals surface area contributed by atoms with Crippen LogP contribution in [0.1, 0.15) is 13.3 Å². The van der Waals surface area contributed by atoms with E-state index >= 15 is 0 Å². The summed E-state index contributed by atoms with van der Waals surface area (Å²) in [6, 6.07) is 11.8. The fourth-order valence-electron chi connectivity index (χ4n) is 2.67. The summed E-state index contributed by atoms with van der Waals surface area (Å²) in [5.41, 5.74) is -0.175. The number of nitrogens with zero attached hydrogens (tertiary/aromatic N) is 1. The monoisotopic (exact) mass is 449 g/mol. The van der Waals surface area contributed by atoms with Crippen LogP contribution in [0.3, 0.4) is 0 Å². The summed E-state index contributed by atoms with van der Waals surface area (Å²) in [6.45, 7) is 1.78. The highest BCUT2D eigenvalue weighted by molar-refractivity contribution is 7.52. The van der Waals surface area contributed by atoms with Gasteiger partial charge in [0.2, 0.25) is 0 Å². The third kappa shape index (κ3) is 6.03. The molecular formula is C19H20N3O8P. The highest BCUT2D eigenvalue weighted by atomic mass is 31.2. The van der Waals surface area contributed by atoms with Gasteiger partial charge in [-0.15, -0.1) is 0 Å². The highest BCUT2D eigenvalue weighted by Gasteiger charge is 2.36. The molecule has 2 unspecified atom stereocenters. The Morgan fingerprint density at radius 2 is 1.77 bits per heavy atom. The Labute approximate surface area is 177 Å². The van der Waals surface area contributed by atoms with Gasteiger partial charge in [0.25, 0.3) is 11.6 Å². The molecule has 0 radical (unpaired) electrons. The van der Waals surface area contributed by atoms with Gasteiger partial charge in [0.05, 0.1) is 4.92 Å². The maximum Gasteiger partial charge on any atom is 0.513 e. The van der Waals surface area contributed by atoms with Gasteiger partial charge in [0, 0.05) is 25.1 Å². The van der Waals surface area contributed by atoms with Crippen molar-refractivity contribution in [2.45, 2.75) is 25.5 Å². The van der Waals surface area contributed by atoms with Crippen LogP contribution in [-0.2, 0) is 18.9 Å². The Morgan fingerprint density at radius 1 is 1.16 bits per heavy atom. The molecule has 1 heterocycles. The summed E-state index contributed by atoms with van der Waals surface area (Å²) in [4.78, 5) is 34.2. The number of nitro benzene ring substituents is 1. The maximum atomic E-state index is 13.4.